The molecular formula is C14H11FN4O3. The first kappa shape index (κ1) is 13.9. The van der Waals surface area contributed by atoms with E-state index < -0.39 is 0 Å². The predicted octanol–water partition coefficient (Wildman–Crippen LogP) is 2.10. The molecule has 0 bridgehead atoms. The van der Waals surface area contributed by atoms with Gasteiger partial charge in [0.05, 0.1) is 12.7 Å². The van der Waals surface area contributed by atoms with Crippen LogP contribution >= 0.6 is 0 Å². The van der Waals surface area contributed by atoms with Crippen molar-refractivity contribution in [3.8, 4) is 11.5 Å². The lowest BCUT2D eigenvalue weighted by Gasteiger charge is -1.99. The fraction of sp³-hybridized carbons (Fsp3) is 0.143. The van der Waals surface area contributed by atoms with E-state index in [0.717, 1.165) is 0 Å². The smallest absolute Gasteiger partial charge is 0.257 e. The largest absolute Gasteiger partial charge is 0.361 e. The number of carbonyl (C=O) groups is 1. The van der Waals surface area contributed by atoms with Gasteiger partial charge in [-0.1, -0.05) is 10.3 Å². The summed E-state index contributed by atoms with van der Waals surface area (Å²) in [4.78, 5) is 16.0. The third-order valence-electron chi connectivity index (χ3n) is 2.96. The summed E-state index contributed by atoms with van der Waals surface area (Å²) in [6, 6.07) is 5.67. The molecule has 0 spiro atoms. The Labute approximate surface area is 124 Å². The summed E-state index contributed by atoms with van der Waals surface area (Å²) in [6.07, 6.45) is 1.34. The van der Waals surface area contributed by atoms with Gasteiger partial charge in [-0.05, 0) is 31.2 Å². The average Bonchev–Trinajstić information content (AvgIpc) is 3.14. The fourth-order valence-corrected chi connectivity index (χ4v) is 1.81. The molecule has 2 heterocycles. The average molecular weight is 302 g/mol. The van der Waals surface area contributed by atoms with Gasteiger partial charge in [0.25, 0.3) is 11.8 Å². The summed E-state index contributed by atoms with van der Waals surface area (Å²) < 4.78 is 22.7. The van der Waals surface area contributed by atoms with E-state index in [-0.39, 0.29) is 24.2 Å². The Morgan fingerprint density at radius 2 is 2.05 bits per heavy atom. The minimum Gasteiger partial charge on any atom is -0.361 e. The van der Waals surface area contributed by atoms with Crippen molar-refractivity contribution in [1.29, 1.82) is 0 Å². The molecule has 0 radical (unpaired) electrons. The number of benzene rings is 1. The highest BCUT2D eigenvalue weighted by Gasteiger charge is 2.14. The normalized spacial score (nSPS) is 10.6. The van der Waals surface area contributed by atoms with Gasteiger partial charge >= 0.3 is 0 Å². The van der Waals surface area contributed by atoms with Crippen molar-refractivity contribution in [2.75, 3.05) is 0 Å². The number of aryl methyl sites for hydroxylation is 1. The monoisotopic (exact) mass is 302 g/mol. The first-order valence-corrected chi connectivity index (χ1v) is 6.41. The highest BCUT2D eigenvalue weighted by atomic mass is 19.1. The van der Waals surface area contributed by atoms with Crippen LogP contribution in [0.25, 0.3) is 11.5 Å². The van der Waals surface area contributed by atoms with Gasteiger partial charge in [-0.2, -0.15) is 4.98 Å². The van der Waals surface area contributed by atoms with Gasteiger partial charge in [0.2, 0.25) is 0 Å². The molecule has 1 amide bonds. The lowest BCUT2D eigenvalue weighted by molar-refractivity contribution is 0.0948. The van der Waals surface area contributed by atoms with Crippen LogP contribution in [0.4, 0.5) is 4.39 Å². The van der Waals surface area contributed by atoms with Gasteiger partial charge in [0.15, 0.2) is 5.82 Å². The van der Waals surface area contributed by atoms with Crippen LogP contribution in [-0.4, -0.2) is 21.2 Å². The van der Waals surface area contributed by atoms with Crippen molar-refractivity contribution in [2.45, 2.75) is 13.5 Å². The standard InChI is InChI=1S/C14H11FN4O3/c1-8-11(6-17-21-8)13(20)16-7-12-18-14(22-19-12)9-2-4-10(15)5-3-9/h2-6H,7H2,1H3,(H,16,20). The van der Waals surface area contributed by atoms with Crippen LogP contribution in [0.2, 0.25) is 0 Å². The number of rotatable bonds is 4. The molecule has 2 aromatic heterocycles. The third kappa shape index (κ3) is 2.85. The molecule has 7 nitrogen and oxygen atoms in total. The van der Waals surface area contributed by atoms with Crippen LogP contribution < -0.4 is 5.32 Å². The van der Waals surface area contributed by atoms with Crippen LogP contribution in [0.1, 0.15) is 21.9 Å². The van der Waals surface area contributed by atoms with E-state index in [4.69, 9.17) is 9.05 Å². The van der Waals surface area contributed by atoms with Gasteiger partial charge in [-0.25, -0.2) is 4.39 Å². The molecule has 0 fully saturated rings. The molecule has 1 aromatic carbocycles. The number of nitrogens with one attached hydrogen (secondary N) is 1. The Morgan fingerprint density at radius 3 is 2.73 bits per heavy atom. The zero-order valence-corrected chi connectivity index (χ0v) is 11.5. The van der Waals surface area contributed by atoms with Gasteiger partial charge in [-0.3, -0.25) is 4.79 Å². The maximum atomic E-state index is 12.9. The summed E-state index contributed by atoms with van der Waals surface area (Å²) in [6.45, 7) is 1.73. The predicted molar refractivity (Wildman–Crippen MR) is 72.1 cm³/mol. The third-order valence-corrected chi connectivity index (χ3v) is 2.96. The zero-order chi connectivity index (χ0) is 15.5. The quantitative estimate of drug-likeness (QED) is 0.793. The zero-order valence-electron chi connectivity index (χ0n) is 11.5. The summed E-state index contributed by atoms with van der Waals surface area (Å²) in [5.41, 5.74) is 0.948. The highest BCUT2D eigenvalue weighted by Crippen LogP contribution is 2.17. The Hall–Kier alpha value is -3.03. The maximum Gasteiger partial charge on any atom is 0.257 e. The Morgan fingerprint density at radius 1 is 1.27 bits per heavy atom. The van der Waals surface area contributed by atoms with E-state index in [2.05, 4.69) is 20.6 Å². The topological polar surface area (TPSA) is 94.1 Å². The van der Waals surface area contributed by atoms with Crippen molar-refractivity contribution in [3.63, 3.8) is 0 Å². The molecule has 1 N–H and O–H groups in total. The molecular weight excluding hydrogens is 291 g/mol. The molecule has 3 rings (SSSR count). The summed E-state index contributed by atoms with van der Waals surface area (Å²) >= 11 is 0. The fourth-order valence-electron chi connectivity index (χ4n) is 1.81. The lowest BCUT2D eigenvalue weighted by Crippen LogP contribution is -2.23. The maximum absolute atomic E-state index is 12.9. The molecule has 0 unspecified atom stereocenters. The molecule has 0 atom stereocenters. The van der Waals surface area contributed by atoms with Crippen LogP contribution in [0.5, 0.6) is 0 Å². The van der Waals surface area contributed by atoms with Gasteiger partial charge in [-0.15, -0.1) is 0 Å². The number of hydrogen-bond acceptors (Lipinski definition) is 6. The van der Waals surface area contributed by atoms with E-state index in [0.29, 0.717) is 22.7 Å². The Bertz CT molecular complexity index is 795. The number of halogens is 1. The SMILES string of the molecule is Cc1oncc1C(=O)NCc1noc(-c2ccc(F)cc2)n1. The molecule has 0 aliphatic carbocycles. The van der Waals surface area contributed by atoms with E-state index in [1.165, 1.54) is 30.5 Å². The molecule has 0 aliphatic heterocycles. The van der Waals surface area contributed by atoms with Gasteiger partial charge in [0, 0.05) is 5.56 Å². The first-order valence-electron chi connectivity index (χ1n) is 6.41. The Balaban J connectivity index is 1.66. The van der Waals surface area contributed by atoms with Crippen LogP contribution in [0, 0.1) is 12.7 Å². The number of hydrogen-bond donors (Lipinski definition) is 1. The second-order valence-electron chi connectivity index (χ2n) is 4.50. The van der Waals surface area contributed by atoms with Crippen LogP contribution in [0.3, 0.4) is 0 Å². The number of amides is 1. The van der Waals surface area contributed by atoms with Crippen molar-refractivity contribution in [1.82, 2.24) is 20.6 Å². The minimum atomic E-state index is -0.347. The number of aromatic nitrogens is 3. The molecule has 0 saturated heterocycles. The van der Waals surface area contributed by atoms with Gasteiger partial charge in [0.1, 0.15) is 17.1 Å². The number of carbonyl (C=O) groups excluding carboxylic acids is 1. The van der Waals surface area contributed by atoms with Gasteiger partial charge < -0.3 is 14.4 Å². The molecule has 0 aliphatic rings. The number of nitrogens with zero attached hydrogens (tertiary/aromatic N) is 3. The van der Waals surface area contributed by atoms with E-state index in [9.17, 15) is 9.18 Å². The van der Waals surface area contributed by atoms with Crippen LogP contribution in [0.15, 0.2) is 39.5 Å². The van der Waals surface area contributed by atoms with E-state index >= 15 is 0 Å². The lowest BCUT2D eigenvalue weighted by atomic mass is 10.2. The van der Waals surface area contributed by atoms with Crippen molar-refractivity contribution in [3.05, 3.63) is 53.4 Å². The second kappa shape index (κ2) is 5.76. The van der Waals surface area contributed by atoms with E-state index in [1.54, 1.807) is 6.92 Å². The summed E-state index contributed by atoms with van der Waals surface area (Å²) in [7, 11) is 0. The van der Waals surface area contributed by atoms with Crippen molar-refractivity contribution < 1.29 is 18.2 Å². The van der Waals surface area contributed by atoms with Crippen molar-refractivity contribution in [2.24, 2.45) is 0 Å². The molecule has 0 saturated carbocycles. The second-order valence-corrected chi connectivity index (χ2v) is 4.50. The van der Waals surface area contributed by atoms with Crippen molar-refractivity contribution >= 4 is 5.91 Å². The molecule has 22 heavy (non-hydrogen) atoms. The van der Waals surface area contributed by atoms with E-state index in [1.807, 2.05) is 0 Å². The Kier molecular flexibility index (Phi) is 3.65. The first-order chi connectivity index (χ1) is 10.6. The molecule has 8 heteroatoms. The summed E-state index contributed by atoms with van der Waals surface area (Å²) in [5, 5.41) is 9.92. The molecule has 3 aromatic rings. The molecule has 112 valence electrons. The summed E-state index contributed by atoms with van der Waals surface area (Å²) in [5.74, 6) is 0.302. The highest BCUT2D eigenvalue weighted by molar-refractivity contribution is 5.94. The van der Waals surface area contributed by atoms with Crippen LogP contribution in [-0.2, 0) is 6.54 Å². The minimum absolute atomic E-state index is 0.0914.